The van der Waals surface area contributed by atoms with Crippen LogP contribution in [-0.4, -0.2) is 15.1 Å². The van der Waals surface area contributed by atoms with Crippen molar-refractivity contribution < 1.29 is 0 Å². The van der Waals surface area contributed by atoms with Gasteiger partial charge in [0.1, 0.15) is 0 Å². The molecule has 2 rings (SSSR count). The van der Waals surface area contributed by atoms with Crippen molar-refractivity contribution in [1.82, 2.24) is 9.78 Å². The topological polar surface area (TPSA) is 17.8 Å². The molecule has 0 unspecified atom stereocenters. The summed E-state index contributed by atoms with van der Waals surface area (Å²) in [6.45, 7) is 0. The molecule has 2 aromatic rings. The van der Waals surface area contributed by atoms with E-state index in [2.05, 4.69) is 57.4 Å². The van der Waals surface area contributed by atoms with Gasteiger partial charge in [0.15, 0.2) is 0 Å². The molecule has 0 aliphatic carbocycles. The van der Waals surface area contributed by atoms with E-state index in [4.69, 9.17) is 0 Å². The van der Waals surface area contributed by atoms with Crippen LogP contribution in [-0.2, 0) is 0 Å². The molecule has 15 heavy (non-hydrogen) atoms. The Morgan fingerprint density at radius 3 is 2.67 bits per heavy atom. The van der Waals surface area contributed by atoms with Gasteiger partial charge < -0.3 is 0 Å². The summed E-state index contributed by atoms with van der Waals surface area (Å²) in [6.07, 6.45) is 7.87. The molecule has 1 aromatic heterocycles. The highest BCUT2D eigenvalue weighted by Crippen LogP contribution is 2.09. The quantitative estimate of drug-likeness (QED) is 0.777. The van der Waals surface area contributed by atoms with Crippen molar-refractivity contribution in [2.75, 3.05) is 5.33 Å². The molecule has 0 saturated heterocycles. The largest absolute Gasteiger partial charge is 0.241 e. The van der Waals surface area contributed by atoms with E-state index >= 15 is 0 Å². The number of hydrogen-bond acceptors (Lipinski definition) is 1. The zero-order chi connectivity index (χ0) is 10.5. The second kappa shape index (κ2) is 4.94. The molecule has 1 heterocycles. The fraction of sp³-hybridized carbons (Fsp3) is 0.0833. The van der Waals surface area contributed by atoms with E-state index in [1.807, 2.05) is 16.9 Å². The van der Waals surface area contributed by atoms with Crippen LogP contribution in [0.3, 0.4) is 0 Å². The first-order valence-electron chi connectivity index (χ1n) is 4.73. The van der Waals surface area contributed by atoms with E-state index < -0.39 is 0 Å². The molecule has 0 saturated carbocycles. The highest BCUT2D eigenvalue weighted by atomic mass is 79.9. The maximum Gasteiger partial charge on any atom is 0.0645 e. The summed E-state index contributed by atoms with van der Waals surface area (Å²) in [4.78, 5) is 0. The first-order valence-corrected chi connectivity index (χ1v) is 5.85. The lowest BCUT2D eigenvalue weighted by Gasteiger charge is -2.01. The summed E-state index contributed by atoms with van der Waals surface area (Å²) in [5, 5.41) is 5.05. The van der Waals surface area contributed by atoms with Crippen LogP contribution in [0, 0.1) is 0 Å². The van der Waals surface area contributed by atoms with Gasteiger partial charge in [-0.05, 0) is 23.8 Å². The number of allylic oxidation sites excluding steroid dienone is 1. The fourth-order valence-electron chi connectivity index (χ4n) is 1.34. The molecule has 0 fully saturated rings. The second-order valence-corrected chi connectivity index (χ2v) is 3.75. The maximum absolute atomic E-state index is 4.17. The van der Waals surface area contributed by atoms with Crippen LogP contribution in [0.5, 0.6) is 0 Å². The van der Waals surface area contributed by atoms with Gasteiger partial charge in [0.2, 0.25) is 0 Å². The minimum atomic E-state index is 0.883. The Balaban J connectivity index is 2.21. The molecule has 0 spiro atoms. The molecule has 0 aliphatic rings. The third-order valence-electron chi connectivity index (χ3n) is 2.06. The summed E-state index contributed by atoms with van der Waals surface area (Å²) in [5.74, 6) is 0. The van der Waals surface area contributed by atoms with Crippen molar-refractivity contribution in [1.29, 1.82) is 0 Å². The molecule has 0 atom stereocenters. The first kappa shape index (κ1) is 10.2. The molecule has 2 nitrogen and oxygen atoms in total. The predicted molar refractivity (Wildman–Crippen MR) is 66.4 cm³/mol. The molecule has 3 heteroatoms. The summed E-state index contributed by atoms with van der Waals surface area (Å²) >= 11 is 3.35. The van der Waals surface area contributed by atoms with Gasteiger partial charge in [-0.15, -0.1) is 0 Å². The molecule has 0 aliphatic heterocycles. The molecular formula is C12H11BrN2. The van der Waals surface area contributed by atoms with Crippen molar-refractivity contribution in [3.05, 3.63) is 54.4 Å². The number of aromatic nitrogens is 2. The Morgan fingerprint density at radius 1 is 1.27 bits per heavy atom. The van der Waals surface area contributed by atoms with Crippen LogP contribution >= 0.6 is 15.9 Å². The van der Waals surface area contributed by atoms with E-state index in [9.17, 15) is 0 Å². The molecule has 0 bridgehead atoms. The van der Waals surface area contributed by atoms with E-state index in [0.29, 0.717) is 0 Å². The lowest BCUT2D eigenvalue weighted by atomic mass is 10.2. The molecular weight excluding hydrogens is 252 g/mol. The van der Waals surface area contributed by atoms with Crippen molar-refractivity contribution in [3.63, 3.8) is 0 Å². The highest BCUT2D eigenvalue weighted by Gasteiger charge is 1.94. The minimum absolute atomic E-state index is 0.883. The van der Waals surface area contributed by atoms with Crippen LogP contribution in [0.15, 0.2) is 48.8 Å². The summed E-state index contributed by atoms with van der Waals surface area (Å²) in [7, 11) is 0. The first-order chi connectivity index (χ1) is 7.40. The summed E-state index contributed by atoms with van der Waals surface area (Å²) in [5.41, 5.74) is 2.28. The van der Waals surface area contributed by atoms with E-state index in [1.54, 1.807) is 6.20 Å². The molecule has 0 radical (unpaired) electrons. The van der Waals surface area contributed by atoms with E-state index in [1.165, 1.54) is 5.56 Å². The van der Waals surface area contributed by atoms with Gasteiger partial charge in [-0.3, -0.25) is 0 Å². The molecule has 0 N–H and O–H groups in total. The number of hydrogen-bond donors (Lipinski definition) is 0. The SMILES string of the molecule is BrCC=Cc1ccc(-n2cccn2)cc1. The fourth-order valence-corrected chi connectivity index (χ4v) is 1.53. The minimum Gasteiger partial charge on any atom is -0.241 e. The lowest BCUT2D eigenvalue weighted by Crippen LogP contribution is -1.93. The zero-order valence-electron chi connectivity index (χ0n) is 8.18. The average Bonchev–Trinajstić information content (AvgIpc) is 2.80. The molecule has 76 valence electrons. The smallest absolute Gasteiger partial charge is 0.0645 e. The third-order valence-corrected chi connectivity index (χ3v) is 2.44. The monoisotopic (exact) mass is 262 g/mol. The third kappa shape index (κ3) is 2.57. The van der Waals surface area contributed by atoms with E-state index in [-0.39, 0.29) is 0 Å². The second-order valence-electron chi connectivity index (χ2n) is 3.10. The Morgan fingerprint density at radius 2 is 2.07 bits per heavy atom. The van der Waals surface area contributed by atoms with Crippen LogP contribution < -0.4 is 0 Å². The van der Waals surface area contributed by atoms with Crippen molar-refractivity contribution in [2.45, 2.75) is 0 Å². The Hall–Kier alpha value is -1.35. The van der Waals surface area contributed by atoms with Gasteiger partial charge in [0, 0.05) is 17.7 Å². The standard InChI is InChI=1S/C12H11BrN2/c13-8-1-3-11-4-6-12(7-5-11)15-10-2-9-14-15/h1-7,9-10H,8H2. The number of benzene rings is 1. The van der Waals surface area contributed by atoms with Gasteiger partial charge in [0.05, 0.1) is 5.69 Å². The summed E-state index contributed by atoms with van der Waals surface area (Å²) in [6, 6.07) is 10.2. The lowest BCUT2D eigenvalue weighted by molar-refractivity contribution is 0.880. The highest BCUT2D eigenvalue weighted by molar-refractivity contribution is 9.09. The molecule has 0 amide bonds. The van der Waals surface area contributed by atoms with Crippen LogP contribution in [0.1, 0.15) is 5.56 Å². The molecule has 1 aromatic carbocycles. The van der Waals surface area contributed by atoms with Gasteiger partial charge in [-0.25, -0.2) is 4.68 Å². The van der Waals surface area contributed by atoms with Crippen molar-refractivity contribution in [2.24, 2.45) is 0 Å². The van der Waals surface area contributed by atoms with Gasteiger partial charge in [0.25, 0.3) is 0 Å². The van der Waals surface area contributed by atoms with E-state index in [0.717, 1.165) is 11.0 Å². The van der Waals surface area contributed by atoms with Crippen molar-refractivity contribution in [3.8, 4) is 5.69 Å². The Labute approximate surface area is 97.4 Å². The van der Waals surface area contributed by atoms with Gasteiger partial charge in [-0.2, -0.15) is 5.10 Å². The number of rotatable bonds is 3. The Bertz CT molecular complexity index is 429. The normalized spacial score (nSPS) is 11.0. The van der Waals surface area contributed by atoms with Gasteiger partial charge >= 0.3 is 0 Å². The average molecular weight is 263 g/mol. The van der Waals surface area contributed by atoms with Crippen LogP contribution in [0.4, 0.5) is 0 Å². The maximum atomic E-state index is 4.17. The zero-order valence-corrected chi connectivity index (χ0v) is 9.76. The number of nitrogens with zero attached hydrogens (tertiary/aromatic N) is 2. The van der Waals surface area contributed by atoms with Crippen molar-refractivity contribution >= 4 is 22.0 Å². The predicted octanol–water partition coefficient (Wildman–Crippen LogP) is 3.28. The number of alkyl halides is 1. The Kier molecular flexibility index (Phi) is 3.35. The number of halogens is 1. The van der Waals surface area contributed by atoms with Crippen LogP contribution in [0.25, 0.3) is 11.8 Å². The van der Waals surface area contributed by atoms with Gasteiger partial charge in [-0.1, -0.05) is 40.2 Å². The van der Waals surface area contributed by atoms with Crippen LogP contribution in [0.2, 0.25) is 0 Å². The summed E-state index contributed by atoms with van der Waals surface area (Å²) < 4.78 is 1.85.